The van der Waals surface area contributed by atoms with Crippen molar-refractivity contribution in [3.63, 3.8) is 0 Å². The van der Waals surface area contributed by atoms with Crippen molar-refractivity contribution in [2.45, 2.75) is 19.8 Å². The number of nitrogens with two attached hydrogens (primary N) is 1. The SMILES string of the molecule is C=C(CCC)C(N)=O.O=S([O-])O. The second-order valence-electron chi connectivity index (χ2n) is 1.93. The first-order valence-electron chi connectivity index (χ1n) is 3.17. The second-order valence-corrected chi connectivity index (χ2v) is 2.37. The van der Waals surface area contributed by atoms with Gasteiger partial charge in [-0.05, 0) is 6.42 Å². The molecule has 1 amide bonds. The molecule has 0 aliphatic heterocycles. The standard InChI is InChI=1S/C6H11NO.H2O3S/c1-3-4-5(2)6(7)8;1-4(2)3/h2-4H2,1H3,(H2,7,8);(H2,1,2,3)/p-1. The second kappa shape index (κ2) is 8.38. The predicted octanol–water partition coefficient (Wildman–Crippen LogP) is 0.167. The molecule has 0 spiro atoms. The minimum atomic E-state index is -2.86. The fourth-order valence-electron chi connectivity index (χ4n) is 0.425. The van der Waals surface area contributed by atoms with E-state index in [0.717, 1.165) is 12.8 Å². The summed E-state index contributed by atoms with van der Waals surface area (Å²) in [5.74, 6) is -0.383. The van der Waals surface area contributed by atoms with Crippen molar-refractivity contribution in [2.24, 2.45) is 5.73 Å². The first-order valence-corrected chi connectivity index (χ1v) is 4.20. The van der Waals surface area contributed by atoms with Crippen LogP contribution >= 0.6 is 0 Å². The molecule has 0 bridgehead atoms. The van der Waals surface area contributed by atoms with Crippen molar-refractivity contribution in [3.05, 3.63) is 12.2 Å². The van der Waals surface area contributed by atoms with Crippen molar-refractivity contribution in [3.8, 4) is 0 Å². The van der Waals surface area contributed by atoms with Gasteiger partial charge >= 0.3 is 0 Å². The maximum Gasteiger partial charge on any atom is 0.244 e. The van der Waals surface area contributed by atoms with Crippen LogP contribution in [0.25, 0.3) is 0 Å². The smallest absolute Gasteiger partial charge is 0.244 e. The first kappa shape index (κ1) is 13.8. The van der Waals surface area contributed by atoms with Crippen molar-refractivity contribution in [1.82, 2.24) is 0 Å². The fraction of sp³-hybridized carbons (Fsp3) is 0.500. The molecular formula is C6H12NO4S-. The maximum atomic E-state index is 10.2. The molecule has 1 atom stereocenters. The Morgan fingerprint density at radius 3 is 2.17 bits per heavy atom. The average Bonchev–Trinajstić information content (AvgIpc) is 1.86. The summed E-state index contributed by atoms with van der Waals surface area (Å²) < 4.78 is 24.1. The number of rotatable bonds is 3. The maximum absolute atomic E-state index is 10.2. The number of carbonyl (C=O) groups is 1. The van der Waals surface area contributed by atoms with Crippen LogP contribution < -0.4 is 5.73 Å². The third-order valence-corrected chi connectivity index (χ3v) is 0.900. The summed E-state index contributed by atoms with van der Waals surface area (Å²) in [5, 5.41) is 0. The highest BCUT2D eigenvalue weighted by Gasteiger charge is 1.96. The van der Waals surface area contributed by atoms with Crippen molar-refractivity contribution >= 4 is 17.3 Å². The predicted molar refractivity (Wildman–Crippen MR) is 44.8 cm³/mol. The molecule has 6 heteroatoms. The molecule has 0 radical (unpaired) electrons. The van der Waals surface area contributed by atoms with Crippen LogP contribution in [0.4, 0.5) is 0 Å². The summed E-state index contributed by atoms with van der Waals surface area (Å²) in [7, 11) is 0. The summed E-state index contributed by atoms with van der Waals surface area (Å²) in [6, 6.07) is 0. The number of hydrogen-bond donors (Lipinski definition) is 2. The molecule has 12 heavy (non-hydrogen) atoms. The van der Waals surface area contributed by atoms with E-state index in [1.807, 2.05) is 6.92 Å². The van der Waals surface area contributed by atoms with Gasteiger partial charge in [-0.2, -0.15) is 0 Å². The van der Waals surface area contributed by atoms with E-state index >= 15 is 0 Å². The highest BCUT2D eigenvalue weighted by molar-refractivity contribution is 7.73. The Kier molecular flexibility index (Phi) is 9.66. The third kappa shape index (κ3) is 16.1. The van der Waals surface area contributed by atoms with Gasteiger partial charge in [-0.3, -0.25) is 4.79 Å². The molecule has 5 nitrogen and oxygen atoms in total. The lowest BCUT2D eigenvalue weighted by Crippen LogP contribution is -2.12. The van der Waals surface area contributed by atoms with Gasteiger partial charge in [0, 0.05) is 5.57 Å². The first-order chi connectivity index (χ1) is 5.41. The third-order valence-electron chi connectivity index (χ3n) is 0.900. The average molecular weight is 194 g/mol. The molecule has 0 aliphatic rings. The van der Waals surface area contributed by atoms with Crippen LogP contribution in [0.15, 0.2) is 12.2 Å². The Labute approximate surface area is 73.8 Å². The molecule has 0 saturated carbocycles. The van der Waals surface area contributed by atoms with Crippen LogP contribution in [0.5, 0.6) is 0 Å². The Morgan fingerprint density at radius 2 is 2.08 bits per heavy atom. The quantitative estimate of drug-likeness (QED) is 0.493. The Bertz CT molecular complexity index is 176. The highest BCUT2D eigenvalue weighted by Crippen LogP contribution is 1.98. The summed E-state index contributed by atoms with van der Waals surface area (Å²) >= 11 is -2.86. The zero-order chi connectivity index (χ0) is 10.1. The number of hydrogen-bond acceptors (Lipinski definition) is 3. The lowest BCUT2D eigenvalue weighted by Gasteiger charge is -1.93. The molecule has 0 aromatic rings. The van der Waals surface area contributed by atoms with Gasteiger partial charge < -0.3 is 14.8 Å². The summed E-state index contributed by atoms with van der Waals surface area (Å²) in [4.78, 5) is 10.2. The normalized spacial score (nSPS) is 10.9. The van der Waals surface area contributed by atoms with E-state index in [1.54, 1.807) is 0 Å². The fourth-order valence-corrected chi connectivity index (χ4v) is 0.425. The van der Waals surface area contributed by atoms with Gasteiger partial charge in [0.05, 0.1) is 11.4 Å². The Hall–Kier alpha value is -0.720. The lowest BCUT2D eigenvalue weighted by molar-refractivity contribution is -0.114. The van der Waals surface area contributed by atoms with Crippen LogP contribution in [0.2, 0.25) is 0 Å². The van der Waals surface area contributed by atoms with Gasteiger partial charge in [0.2, 0.25) is 5.91 Å². The molecule has 3 N–H and O–H groups in total. The highest BCUT2D eigenvalue weighted by atomic mass is 32.2. The zero-order valence-electron chi connectivity index (χ0n) is 6.78. The molecule has 1 unspecified atom stereocenters. The van der Waals surface area contributed by atoms with E-state index in [2.05, 4.69) is 6.58 Å². The van der Waals surface area contributed by atoms with Crippen LogP contribution in [0.3, 0.4) is 0 Å². The van der Waals surface area contributed by atoms with Crippen LogP contribution in [-0.4, -0.2) is 19.2 Å². The number of carbonyl (C=O) groups excluding carboxylic acids is 1. The molecule has 72 valence electrons. The van der Waals surface area contributed by atoms with Gasteiger partial charge in [-0.15, -0.1) is 0 Å². The van der Waals surface area contributed by atoms with Crippen molar-refractivity contribution in [2.75, 3.05) is 0 Å². The van der Waals surface area contributed by atoms with E-state index in [-0.39, 0.29) is 5.91 Å². The topological polar surface area (TPSA) is 103 Å². The van der Waals surface area contributed by atoms with E-state index in [1.165, 1.54) is 0 Å². The summed E-state index contributed by atoms with van der Waals surface area (Å²) in [5.41, 5.74) is 5.40. The van der Waals surface area contributed by atoms with E-state index in [0.29, 0.717) is 5.57 Å². The number of amides is 1. The molecule has 0 rings (SSSR count). The number of primary amides is 1. The van der Waals surface area contributed by atoms with Gasteiger partial charge in [0.1, 0.15) is 0 Å². The molecule has 0 fully saturated rings. The van der Waals surface area contributed by atoms with Gasteiger partial charge in [-0.1, -0.05) is 19.9 Å². The van der Waals surface area contributed by atoms with Gasteiger partial charge in [0.25, 0.3) is 0 Å². The van der Waals surface area contributed by atoms with Gasteiger partial charge in [0.15, 0.2) is 0 Å². The van der Waals surface area contributed by atoms with Crippen molar-refractivity contribution < 1.29 is 18.1 Å². The monoisotopic (exact) mass is 194 g/mol. The Morgan fingerprint density at radius 1 is 1.75 bits per heavy atom. The van der Waals surface area contributed by atoms with E-state index in [4.69, 9.17) is 19.0 Å². The molecule has 0 aromatic heterocycles. The largest absolute Gasteiger partial charge is 0.750 e. The lowest BCUT2D eigenvalue weighted by atomic mass is 10.2. The molecule has 0 saturated heterocycles. The van der Waals surface area contributed by atoms with Crippen molar-refractivity contribution in [1.29, 1.82) is 0 Å². The summed E-state index contributed by atoms with van der Waals surface area (Å²) in [6.45, 7) is 5.45. The minimum Gasteiger partial charge on any atom is -0.750 e. The molecule has 0 aliphatic carbocycles. The molecule has 0 heterocycles. The zero-order valence-corrected chi connectivity index (χ0v) is 7.60. The van der Waals surface area contributed by atoms with Crippen LogP contribution in [-0.2, 0) is 16.2 Å². The van der Waals surface area contributed by atoms with Crippen LogP contribution in [0.1, 0.15) is 19.8 Å². The van der Waals surface area contributed by atoms with Crippen LogP contribution in [0, 0.1) is 0 Å². The minimum absolute atomic E-state index is 0.383. The molecule has 0 aromatic carbocycles. The summed E-state index contributed by atoms with van der Waals surface area (Å²) in [6.07, 6.45) is 1.65. The van der Waals surface area contributed by atoms with Gasteiger partial charge in [-0.25, -0.2) is 4.21 Å². The molecular weight excluding hydrogens is 182 g/mol. The van der Waals surface area contributed by atoms with E-state index < -0.39 is 11.4 Å². The van der Waals surface area contributed by atoms with E-state index in [9.17, 15) is 4.79 Å². The Balaban J connectivity index is 0.